The predicted molar refractivity (Wildman–Crippen MR) is 120 cm³/mol. The monoisotopic (exact) mass is 499 g/mol. The number of carbonyl (C=O) groups excluding carboxylic acids is 1. The second-order valence-electron chi connectivity index (χ2n) is 8.46. The predicted octanol–water partition coefficient (Wildman–Crippen LogP) is 7.49. The SMILES string of the molecule is CC(C)N(C(C)C)P(C)OCCCCCCCCCC(=O)Oc1c(F)c(F)c(F)c(F)c1F. The number of unbranched alkanes of at least 4 members (excludes halogenated alkanes) is 6. The van der Waals surface area contributed by atoms with Crippen LogP contribution in [0.3, 0.4) is 0 Å². The summed E-state index contributed by atoms with van der Waals surface area (Å²) in [5.41, 5.74) is 0. The van der Waals surface area contributed by atoms with E-state index < -0.39 is 49.1 Å². The van der Waals surface area contributed by atoms with Crippen LogP contribution in [-0.4, -0.2) is 36.0 Å². The van der Waals surface area contributed by atoms with Crippen molar-refractivity contribution in [2.45, 2.75) is 91.1 Å². The van der Waals surface area contributed by atoms with Crippen molar-refractivity contribution in [3.05, 3.63) is 29.1 Å². The first-order chi connectivity index (χ1) is 15.5. The normalized spacial score (nSPS) is 12.8. The van der Waals surface area contributed by atoms with E-state index in [1.165, 1.54) is 0 Å². The van der Waals surface area contributed by atoms with Gasteiger partial charge in [0, 0.05) is 18.5 Å². The third-order valence-electron chi connectivity index (χ3n) is 5.07. The van der Waals surface area contributed by atoms with Crippen LogP contribution in [0.15, 0.2) is 0 Å². The summed E-state index contributed by atoms with van der Waals surface area (Å²) in [6.45, 7) is 11.5. The number of nitrogens with zero attached hydrogens (tertiary/aromatic N) is 1. The smallest absolute Gasteiger partial charge is 0.311 e. The highest BCUT2D eigenvalue weighted by molar-refractivity contribution is 7.49. The number of esters is 1. The minimum absolute atomic E-state index is 0.171. The fourth-order valence-electron chi connectivity index (χ4n) is 3.60. The van der Waals surface area contributed by atoms with Crippen molar-refractivity contribution in [1.82, 2.24) is 4.67 Å². The molecule has 0 saturated carbocycles. The van der Waals surface area contributed by atoms with Gasteiger partial charge in [-0.25, -0.2) is 13.2 Å². The number of rotatable bonds is 15. The molecule has 0 amide bonds. The molecule has 33 heavy (non-hydrogen) atoms. The van der Waals surface area contributed by atoms with Gasteiger partial charge in [0.15, 0.2) is 0 Å². The summed E-state index contributed by atoms with van der Waals surface area (Å²) < 4.78 is 79.1. The van der Waals surface area contributed by atoms with Gasteiger partial charge >= 0.3 is 5.97 Å². The molecule has 0 aliphatic rings. The van der Waals surface area contributed by atoms with Crippen LogP contribution in [-0.2, 0) is 9.32 Å². The van der Waals surface area contributed by atoms with E-state index in [0.29, 0.717) is 24.9 Å². The first-order valence-corrected chi connectivity index (χ1v) is 13.0. The van der Waals surface area contributed by atoms with Crippen molar-refractivity contribution in [2.24, 2.45) is 0 Å². The molecule has 0 fully saturated rings. The molecule has 0 aliphatic heterocycles. The largest absolute Gasteiger partial charge is 0.420 e. The van der Waals surface area contributed by atoms with Crippen molar-refractivity contribution in [1.29, 1.82) is 0 Å². The molecule has 1 rings (SSSR count). The van der Waals surface area contributed by atoms with Crippen molar-refractivity contribution < 1.29 is 36.0 Å². The van der Waals surface area contributed by atoms with Crippen LogP contribution >= 0.6 is 8.30 Å². The van der Waals surface area contributed by atoms with E-state index in [9.17, 15) is 26.7 Å². The maximum atomic E-state index is 13.5. The van der Waals surface area contributed by atoms with Gasteiger partial charge in [0.25, 0.3) is 0 Å². The first-order valence-electron chi connectivity index (χ1n) is 11.4. The van der Waals surface area contributed by atoms with E-state index in [0.717, 1.165) is 38.7 Å². The lowest BCUT2D eigenvalue weighted by Crippen LogP contribution is -2.32. The molecule has 0 saturated heterocycles. The Bertz CT molecular complexity index is 727. The molecule has 1 unspecified atom stereocenters. The highest BCUT2D eigenvalue weighted by Crippen LogP contribution is 2.41. The average Bonchev–Trinajstić information content (AvgIpc) is 2.74. The summed E-state index contributed by atoms with van der Waals surface area (Å²) in [5.74, 6) is -13.5. The number of hydrogen-bond donors (Lipinski definition) is 0. The van der Waals surface area contributed by atoms with Gasteiger partial charge in [-0.3, -0.25) is 9.46 Å². The molecule has 0 aromatic heterocycles. The molecule has 1 aromatic rings. The van der Waals surface area contributed by atoms with E-state index in [2.05, 4.69) is 43.8 Å². The highest BCUT2D eigenvalue weighted by Gasteiger charge is 2.28. The summed E-state index contributed by atoms with van der Waals surface area (Å²) >= 11 is 0. The Labute approximate surface area is 194 Å². The van der Waals surface area contributed by atoms with Crippen LogP contribution in [0, 0.1) is 29.1 Å². The molecule has 0 aliphatic carbocycles. The fourth-order valence-corrected chi connectivity index (χ4v) is 5.43. The van der Waals surface area contributed by atoms with Crippen molar-refractivity contribution in [3.63, 3.8) is 0 Å². The quantitative estimate of drug-likeness (QED) is 0.0477. The zero-order valence-electron chi connectivity index (χ0n) is 20.0. The Balaban J connectivity index is 2.18. The van der Waals surface area contributed by atoms with Gasteiger partial charge in [0.2, 0.25) is 34.8 Å². The van der Waals surface area contributed by atoms with Gasteiger partial charge in [0.05, 0.1) is 6.61 Å². The standard InChI is InChI=1S/C23H35F5NO3P/c1-15(2)29(16(3)4)33(5)31-14-12-10-8-6-7-9-11-13-17(30)32-23-21(27)19(25)18(24)20(26)22(23)28/h15-16H,6-14H2,1-5H3. The molecule has 190 valence electrons. The van der Waals surface area contributed by atoms with Gasteiger partial charge in [-0.15, -0.1) is 0 Å². The molecule has 0 bridgehead atoms. The van der Waals surface area contributed by atoms with Gasteiger partial charge in [-0.1, -0.05) is 32.1 Å². The van der Waals surface area contributed by atoms with Crippen LogP contribution in [0.2, 0.25) is 0 Å². The summed E-state index contributed by atoms with van der Waals surface area (Å²) in [4.78, 5) is 11.7. The number of halogens is 5. The van der Waals surface area contributed by atoms with E-state index in [1.54, 1.807) is 0 Å². The third kappa shape index (κ3) is 9.45. The second kappa shape index (κ2) is 14.8. The van der Waals surface area contributed by atoms with Crippen molar-refractivity contribution in [2.75, 3.05) is 13.3 Å². The molecule has 10 heteroatoms. The molecule has 0 N–H and O–H groups in total. The number of ether oxygens (including phenoxy) is 1. The Kier molecular flexibility index (Phi) is 13.4. The molecular formula is C23H35F5NO3P. The van der Waals surface area contributed by atoms with Crippen molar-refractivity contribution in [3.8, 4) is 5.75 Å². The summed E-state index contributed by atoms with van der Waals surface area (Å²) in [6.07, 6.45) is 5.80. The van der Waals surface area contributed by atoms with E-state index >= 15 is 0 Å². The minimum atomic E-state index is -2.29. The Morgan fingerprint density at radius 1 is 0.758 bits per heavy atom. The van der Waals surface area contributed by atoms with E-state index in [1.807, 2.05) is 0 Å². The molecule has 0 heterocycles. The molecule has 1 atom stereocenters. The lowest BCUT2D eigenvalue weighted by Gasteiger charge is -2.35. The van der Waals surface area contributed by atoms with Gasteiger partial charge in [0.1, 0.15) is 8.30 Å². The van der Waals surface area contributed by atoms with Crippen LogP contribution in [0.25, 0.3) is 0 Å². The zero-order chi connectivity index (χ0) is 25.1. The van der Waals surface area contributed by atoms with E-state index in [4.69, 9.17) is 4.52 Å². The summed E-state index contributed by atoms with van der Waals surface area (Å²) in [6, 6.07) is 0.879. The fraction of sp³-hybridized carbons (Fsp3) is 0.696. The number of carbonyl (C=O) groups is 1. The number of hydrogen-bond acceptors (Lipinski definition) is 4. The van der Waals surface area contributed by atoms with E-state index in [-0.39, 0.29) is 6.42 Å². The van der Waals surface area contributed by atoms with Crippen molar-refractivity contribution >= 4 is 14.3 Å². The molecular weight excluding hydrogens is 464 g/mol. The maximum Gasteiger partial charge on any atom is 0.311 e. The van der Waals surface area contributed by atoms with Crippen LogP contribution in [0.5, 0.6) is 5.75 Å². The second-order valence-corrected chi connectivity index (χ2v) is 10.1. The average molecular weight is 500 g/mol. The highest BCUT2D eigenvalue weighted by atomic mass is 31.2. The number of benzene rings is 1. The summed E-state index contributed by atoms with van der Waals surface area (Å²) in [7, 11) is -0.608. The molecule has 1 aromatic carbocycles. The lowest BCUT2D eigenvalue weighted by molar-refractivity contribution is -0.135. The Morgan fingerprint density at radius 3 is 1.67 bits per heavy atom. The summed E-state index contributed by atoms with van der Waals surface area (Å²) in [5, 5.41) is 0. The Hall–Kier alpha value is -1.31. The van der Waals surface area contributed by atoms with Crippen LogP contribution < -0.4 is 4.74 Å². The topological polar surface area (TPSA) is 38.8 Å². The lowest BCUT2D eigenvalue weighted by atomic mass is 10.1. The third-order valence-corrected chi connectivity index (χ3v) is 7.20. The maximum absolute atomic E-state index is 13.5. The van der Waals surface area contributed by atoms with Gasteiger partial charge < -0.3 is 9.26 Å². The van der Waals surface area contributed by atoms with Crippen LogP contribution in [0.1, 0.15) is 79.1 Å². The Morgan fingerprint density at radius 2 is 1.18 bits per heavy atom. The van der Waals surface area contributed by atoms with Gasteiger partial charge in [-0.2, -0.15) is 8.78 Å². The van der Waals surface area contributed by atoms with Gasteiger partial charge in [-0.05, 0) is 47.2 Å². The zero-order valence-corrected chi connectivity index (χ0v) is 20.9. The minimum Gasteiger partial charge on any atom is -0.420 e. The van der Waals surface area contributed by atoms with Crippen LogP contribution in [0.4, 0.5) is 22.0 Å². The molecule has 0 radical (unpaired) electrons. The molecule has 0 spiro atoms. The molecule has 4 nitrogen and oxygen atoms in total. The first kappa shape index (κ1) is 29.7.